The van der Waals surface area contributed by atoms with Gasteiger partial charge < -0.3 is 9.84 Å². The van der Waals surface area contributed by atoms with Crippen molar-refractivity contribution in [1.82, 2.24) is 0 Å². The van der Waals surface area contributed by atoms with Crippen LogP contribution < -0.4 is 0 Å². The van der Waals surface area contributed by atoms with E-state index in [-0.39, 0.29) is 11.3 Å². The van der Waals surface area contributed by atoms with Crippen LogP contribution in [0.3, 0.4) is 0 Å². The topological polar surface area (TPSA) is 80.7 Å². The molecule has 0 amide bonds. The fourth-order valence-corrected chi connectivity index (χ4v) is 5.39. The Balaban J connectivity index is 1.94. The van der Waals surface area contributed by atoms with Crippen LogP contribution in [0.2, 0.25) is 0 Å². The quantitative estimate of drug-likeness (QED) is 0.701. The second-order valence-corrected chi connectivity index (χ2v) is 8.56. The van der Waals surface area contributed by atoms with E-state index in [0.29, 0.717) is 30.5 Å². The molecule has 5 nitrogen and oxygen atoms in total. The highest BCUT2D eigenvalue weighted by Crippen LogP contribution is 2.57. The number of carbonyl (C=O) groups is 3. The van der Waals surface area contributed by atoms with Crippen molar-refractivity contribution in [2.24, 2.45) is 23.2 Å². The zero-order chi connectivity index (χ0) is 18.8. The van der Waals surface area contributed by atoms with Gasteiger partial charge in [-0.1, -0.05) is 20.3 Å². The Kier molecular flexibility index (Phi) is 5.95. The number of fused-ring (bicyclic) bond motifs is 1. The van der Waals surface area contributed by atoms with Gasteiger partial charge in [0.2, 0.25) is 5.60 Å². The van der Waals surface area contributed by atoms with Crippen LogP contribution in [0.5, 0.6) is 0 Å². The summed E-state index contributed by atoms with van der Waals surface area (Å²) in [5.74, 6) is -0.0374. The van der Waals surface area contributed by atoms with Gasteiger partial charge in [0.15, 0.2) is 0 Å². The number of rotatable bonds is 7. The van der Waals surface area contributed by atoms with E-state index < -0.39 is 17.5 Å². The molecule has 142 valence electrons. The Morgan fingerprint density at radius 3 is 2.68 bits per heavy atom. The second-order valence-electron chi connectivity index (χ2n) is 8.56. The van der Waals surface area contributed by atoms with Gasteiger partial charge in [0, 0.05) is 19.3 Å². The molecule has 2 aliphatic carbocycles. The molecule has 2 rings (SSSR count). The number of esters is 1. The number of Topliss-reactive ketones (excluding diaryl/α,β-unsaturated/α-hetero) is 1. The van der Waals surface area contributed by atoms with Gasteiger partial charge in [-0.25, -0.2) is 4.79 Å². The highest BCUT2D eigenvalue weighted by molar-refractivity contribution is 5.83. The van der Waals surface area contributed by atoms with Crippen molar-refractivity contribution >= 4 is 17.7 Å². The Hall–Kier alpha value is -1.39. The fraction of sp³-hybridized carbons (Fsp3) is 0.850. The molecule has 1 N–H and O–H groups in total. The Labute approximate surface area is 150 Å². The van der Waals surface area contributed by atoms with Gasteiger partial charge in [-0.05, 0) is 62.7 Å². The smallest absolute Gasteiger partial charge is 0.347 e. The standard InChI is InChI=1S/C20H32O5/c1-13(7-5-12-20(4,18(23)24)25-14(2)21)15-9-10-16-17(22)8-6-11-19(15,16)3/h13,15-16H,5-12H2,1-4H3,(H,23,24)/t13-,15-,16?,19-,20-/m1/s1. The van der Waals surface area contributed by atoms with E-state index in [1.807, 2.05) is 0 Å². The predicted octanol–water partition coefficient (Wildman–Crippen LogP) is 3.98. The minimum atomic E-state index is -1.45. The Bertz CT molecular complexity index is 542. The van der Waals surface area contributed by atoms with Gasteiger partial charge in [0.05, 0.1) is 0 Å². The number of hydrogen-bond donors (Lipinski definition) is 1. The molecule has 2 aliphatic rings. The molecule has 0 saturated heterocycles. The summed E-state index contributed by atoms with van der Waals surface area (Å²) in [6.07, 6.45) is 6.86. The third kappa shape index (κ3) is 4.06. The van der Waals surface area contributed by atoms with Crippen LogP contribution in [0.25, 0.3) is 0 Å². The summed E-state index contributed by atoms with van der Waals surface area (Å²) >= 11 is 0. The van der Waals surface area contributed by atoms with Crippen molar-refractivity contribution in [2.45, 2.75) is 84.7 Å². The van der Waals surface area contributed by atoms with E-state index in [0.717, 1.165) is 38.5 Å². The minimum Gasteiger partial charge on any atom is -0.478 e. The van der Waals surface area contributed by atoms with Gasteiger partial charge in [0.25, 0.3) is 0 Å². The average Bonchev–Trinajstić information content (AvgIpc) is 2.84. The van der Waals surface area contributed by atoms with E-state index in [9.17, 15) is 19.5 Å². The number of carbonyl (C=O) groups excluding carboxylic acids is 2. The average molecular weight is 352 g/mol. The zero-order valence-corrected chi connectivity index (χ0v) is 16.0. The molecule has 2 fully saturated rings. The maximum absolute atomic E-state index is 12.3. The van der Waals surface area contributed by atoms with Gasteiger partial charge in [-0.3, -0.25) is 9.59 Å². The van der Waals surface area contributed by atoms with Crippen LogP contribution in [0, 0.1) is 23.2 Å². The second kappa shape index (κ2) is 7.46. The summed E-state index contributed by atoms with van der Waals surface area (Å²) in [6.45, 7) is 7.21. The number of aliphatic carboxylic acids is 1. The van der Waals surface area contributed by atoms with Crippen molar-refractivity contribution in [1.29, 1.82) is 0 Å². The van der Waals surface area contributed by atoms with Crippen molar-refractivity contribution in [3.05, 3.63) is 0 Å². The van der Waals surface area contributed by atoms with Gasteiger partial charge in [0.1, 0.15) is 5.78 Å². The summed E-state index contributed by atoms with van der Waals surface area (Å²) in [5.41, 5.74) is -1.34. The number of hydrogen-bond acceptors (Lipinski definition) is 4. The maximum Gasteiger partial charge on any atom is 0.347 e. The van der Waals surface area contributed by atoms with Crippen LogP contribution >= 0.6 is 0 Å². The highest BCUT2D eigenvalue weighted by atomic mass is 16.6. The third-order valence-corrected chi connectivity index (χ3v) is 6.76. The summed E-state index contributed by atoms with van der Waals surface area (Å²) in [5, 5.41) is 9.37. The molecule has 0 radical (unpaired) electrons. The molecule has 0 aromatic carbocycles. The lowest BCUT2D eigenvalue weighted by Crippen LogP contribution is -2.40. The molecular formula is C20H32O5. The molecule has 0 spiro atoms. The molecular weight excluding hydrogens is 320 g/mol. The lowest BCUT2D eigenvalue weighted by atomic mass is 9.62. The number of ketones is 1. The summed E-state index contributed by atoms with van der Waals surface area (Å²) in [7, 11) is 0. The number of carboxylic acids is 1. The summed E-state index contributed by atoms with van der Waals surface area (Å²) < 4.78 is 5.04. The van der Waals surface area contributed by atoms with Crippen LogP contribution in [0.15, 0.2) is 0 Å². The molecule has 2 saturated carbocycles. The van der Waals surface area contributed by atoms with Crippen molar-refractivity contribution in [3.8, 4) is 0 Å². The van der Waals surface area contributed by atoms with Crippen molar-refractivity contribution in [3.63, 3.8) is 0 Å². The molecule has 0 aliphatic heterocycles. The molecule has 5 atom stereocenters. The summed E-state index contributed by atoms with van der Waals surface area (Å²) in [6, 6.07) is 0. The number of ether oxygens (including phenoxy) is 1. The molecule has 5 heteroatoms. The van der Waals surface area contributed by atoms with Gasteiger partial charge in [-0.15, -0.1) is 0 Å². The monoisotopic (exact) mass is 352 g/mol. The van der Waals surface area contributed by atoms with E-state index in [2.05, 4.69) is 13.8 Å². The molecule has 0 bridgehead atoms. The molecule has 0 aromatic heterocycles. The first-order valence-electron chi connectivity index (χ1n) is 9.56. The molecule has 0 heterocycles. The van der Waals surface area contributed by atoms with E-state index >= 15 is 0 Å². The van der Waals surface area contributed by atoms with Gasteiger partial charge in [-0.2, -0.15) is 0 Å². The van der Waals surface area contributed by atoms with Crippen molar-refractivity contribution < 1.29 is 24.2 Å². The largest absolute Gasteiger partial charge is 0.478 e. The van der Waals surface area contributed by atoms with Crippen LogP contribution in [0.4, 0.5) is 0 Å². The maximum atomic E-state index is 12.3. The van der Waals surface area contributed by atoms with E-state index in [1.165, 1.54) is 13.8 Å². The highest BCUT2D eigenvalue weighted by Gasteiger charge is 2.52. The van der Waals surface area contributed by atoms with Gasteiger partial charge >= 0.3 is 11.9 Å². The third-order valence-electron chi connectivity index (χ3n) is 6.76. The lowest BCUT2D eigenvalue weighted by molar-refractivity contribution is -0.176. The predicted molar refractivity (Wildman–Crippen MR) is 94.0 cm³/mol. The Morgan fingerprint density at radius 2 is 2.08 bits per heavy atom. The fourth-order valence-electron chi connectivity index (χ4n) is 5.39. The minimum absolute atomic E-state index is 0.112. The summed E-state index contributed by atoms with van der Waals surface area (Å²) in [4.78, 5) is 34.9. The van der Waals surface area contributed by atoms with E-state index in [4.69, 9.17) is 4.74 Å². The van der Waals surface area contributed by atoms with E-state index in [1.54, 1.807) is 0 Å². The number of carboxylic acid groups (broad SMARTS) is 1. The molecule has 0 aromatic rings. The first-order valence-corrected chi connectivity index (χ1v) is 9.56. The molecule has 1 unspecified atom stereocenters. The first-order chi connectivity index (χ1) is 11.6. The SMILES string of the molecule is CC(=O)O[C@](C)(CCC[C@@H](C)[C@H]1CCC2C(=O)CCC[C@@]21C)C(=O)O. The zero-order valence-electron chi connectivity index (χ0n) is 16.0. The van der Waals surface area contributed by atoms with Crippen LogP contribution in [0.1, 0.15) is 79.1 Å². The lowest BCUT2D eigenvalue weighted by Gasteiger charge is -2.42. The Morgan fingerprint density at radius 1 is 1.40 bits per heavy atom. The molecule has 25 heavy (non-hydrogen) atoms. The van der Waals surface area contributed by atoms with Crippen LogP contribution in [-0.4, -0.2) is 28.4 Å². The van der Waals surface area contributed by atoms with Crippen molar-refractivity contribution in [2.75, 3.05) is 0 Å². The van der Waals surface area contributed by atoms with Crippen LogP contribution in [-0.2, 0) is 19.1 Å². The normalized spacial score (nSPS) is 32.6. The first kappa shape index (κ1) is 19.9.